The molecule has 0 aromatic heterocycles. The van der Waals surface area contributed by atoms with Crippen LogP contribution in [0.2, 0.25) is 0 Å². The molecule has 6 heteroatoms. The Morgan fingerprint density at radius 3 is 2.33 bits per heavy atom. The molecule has 4 rings (SSSR count). The van der Waals surface area contributed by atoms with Crippen LogP contribution in [-0.2, 0) is 14.3 Å². The Morgan fingerprint density at radius 2 is 1.67 bits per heavy atom. The molecule has 0 unspecified atom stereocenters. The third-order valence-electron chi connectivity index (χ3n) is 6.34. The topological polar surface area (TPSA) is 45.2 Å². The molecule has 1 aromatic rings. The largest absolute Gasteiger partial charge is 0.368 e. The van der Waals surface area contributed by atoms with E-state index in [1.54, 1.807) is 0 Å². The highest BCUT2D eigenvalue weighted by Crippen LogP contribution is 2.31. The zero-order valence-corrected chi connectivity index (χ0v) is 16.6. The molecule has 1 spiro atoms. The first kappa shape index (κ1) is 18.7. The number of piperidine rings is 1. The van der Waals surface area contributed by atoms with E-state index in [0.29, 0.717) is 19.8 Å². The first-order valence-corrected chi connectivity index (χ1v) is 10.2. The Balaban J connectivity index is 1.26. The van der Waals surface area contributed by atoms with Crippen molar-refractivity contribution in [3.05, 3.63) is 29.3 Å². The van der Waals surface area contributed by atoms with E-state index >= 15 is 0 Å². The lowest BCUT2D eigenvalue weighted by molar-refractivity contribution is -0.186. The summed E-state index contributed by atoms with van der Waals surface area (Å²) in [5.74, 6) is -0.114. The summed E-state index contributed by atoms with van der Waals surface area (Å²) in [4.78, 5) is 19.4. The van der Waals surface area contributed by atoms with Crippen LogP contribution in [-0.4, -0.2) is 80.5 Å². The molecule has 0 atom stereocenters. The lowest BCUT2D eigenvalue weighted by Gasteiger charge is -2.40. The Kier molecular flexibility index (Phi) is 5.39. The van der Waals surface area contributed by atoms with Crippen molar-refractivity contribution in [2.24, 2.45) is 0 Å². The molecule has 1 amide bonds. The van der Waals surface area contributed by atoms with Crippen molar-refractivity contribution in [2.45, 2.75) is 32.5 Å². The number of carbonyl (C=O) groups is 1. The number of likely N-dealkylation sites (tertiary alicyclic amines) is 1. The number of anilines is 1. The molecule has 27 heavy (non-hydrogen) atoms. The van der Waals surface area contributed by atoms with E-state index in [2.05, 4.69) is 41.8 Å². The maximum atomic E-state index is 12.7. The summed E-state index contributed by atoms with van der Waals surface area (Å²) in [5, 5.41) is 0. The van der Waals surface area contributed by atoms with Gasteiger partial charge in [-0.15, -0.1) is 0 Å². The third kappa shape index (κ3) is 3.98. The van der Waals surface area contributed by atoms with Crippen molar-refractivity contribution in [1.29, 1.82) is 0 Å². The van der Waals surface area contributed by atoms with Gasteiger partial charge >= 0.3 is 0 Å². The summed E-state index contributed by atoms with van der Waals surface area (Å²) in [7, 11) is 0. The van der Waals surface area contributed by atoms with E-state index in [1.807, 2.05) is 4.90 Å². The lowest BCUT2D eigenvalue weighted by Crippen LogP contribution is -2.53. The van der Waals surface area contributed by atoms with E-state index in [0.717, 1.165) is 52.1 Å². The summed E-state index contributed by atoms with van der Waals surface area (Å²) < 4.78 is 11.5. The van der Waals surface area contributed by atoms with Crippen LogP contribution in [0.25, 0.3) is 0 Å². The van der Waals surface area contributed by atoms with Gasteiger partial charge in [-0.3, -0.25) is 9.69 Å². The fourth-order valence-corrected chi connectivity index (χ4v) is 4.40. The number of piperazine rings is 1. The van der Waals surface area contributed by atoms with Crippen molar-refractivity contribution in [2.75, 3.05) is 63.9 Å². The van der Waals surface area contributed by atoms with E-state index in [4.69, 9.17) is 9.47 Å². The van der Waals surface area contributed by atoms with Gasteiger partial charge in [-0.2, -0.15) is 0 Å². The summed E-state index contributed by atoms with van der Waals surface area (Å²) in [5.41, 5.74) is 3.97. The zero-order valence-electron chi connectivity index (χ0n) is 16.6. The number of rotatable bonds is 3. The monoisotopic (exact) mass is 373 g/mol. The molecule has 6 nitrogen and oxygen atoms in total. The number of aryl methyl sites for hydroxylation is 1. The number of amides is 1. The quantitative estimate of drug-likeness (QED) is 0.808. The standard InChI is InChI=1S/C21H31N3O3/c1-17-4-3-5-19(18(17)2)23-10-12-24(13-11-23)20(25)16-22-8-6-21(7-9-22)26-14-15-27-21/h3-5H,6-16H2,1-2H3. The highest BCUT2D eigenvalue weighted by atomic mass is 16.7. The van der Waals surface area contributed by atoms with Crippen LogP contribution in [0.1, 0.15) is 24.0 Å². The second kappa shape index (κ2) is 7.78. The minimum atomic E-state index is -0.364. The molecule has 0 N–H and O–H groups in total. The fourth-order valence-electron chi connectivity index (χ4n) is 4.40. The van der Waals surface area contributed by atoms with E-state index in [1.165, 1.54) is 16.8 Å². The molecule has 0 aliphatic carbocycles. The number of hydrogen-bond acceptors (Lipinski definition) is 5. The predicted molar refractivity (Wildman–Crippen MR) is 105 cm³/mol. The van der Waals surface area contributed by atoms with Gasteiger partial charge in [0.05, 0.1) is 19.8 Å². The van der Waals surface area contributed by atoms with Crippen molar-refractivity contribution in [3.63, 3.8) is 0 Å². The average Bonchev–Trinajstić information content (AvgIpc) is 3.14. The second-order valence-electron chi connectivity index (χ2n) is 7.97. The first-order valence-electron chi connectivity index (χ1n) is 10.2. The van der Waals surface area contributed by atoms with Gasteiger partial charge < -0.3 is 19.3 Å². The fraction of sp³-hybridized carbons (Fsp3) is 0.667. The van der Waals surface area contributed by atoms with Crippen molar-refractivity contribution >= 4 is 11.6 Å². The molecule has 0 bridgehead atoms. The zero-order chi connectivity index (χ0) is 18.9. The normalized spacial score (nSPS) is 23.2. The summed E-state index contributed by atoms with van der Waals surface area (Å²) >= 11 is 0. The molecule has 3 aliphatic heterocycles. The maximum absolute atomic E-state index is 12.7. The molecule has 0 saturated carbocycles. The number of carbonyl (C=O) groups excluding carboxylic acids is 1. The van der Waals surface area contributed by atoms with Crippen LogP contribution in [0.15, 0.2) is 18.2 Å². The summed E-state index contributed by atoms with van der Waals surface area (Å²) in [6.07, 6.45) is 1.72. The van der Waals surface area contributed by atoms with Crippen LogP contribution >= 0.6 is 0 Å². The SMILES string of the molecule is Cc1cccc(N2CCN(C(=O)CN3CCC4(CC3)OCCO4)CC2)c1C. The van der Waals surface area contributed by atoms with Gasteiger partial charge in [-0.25, -0.2) is 0 Å². The number of benzene rings is 1. The highest BCUT2D eigenvalue weighted by molar-refractivity contribution is 5.78. The van der Waals surface area contributed by atoms with Crippen molar-refractivity contribution in [1.82, 2.24) is 9.80 Å². The molecule has 0 radical (unpaired) electrons. The number of ether oxygens (including phenoxy) is 2. The molecule has 3 saturated heterocycles. The van der Waals surface area contributed by atoms with Gasteiger partial charge in [0.25, 0.3) is 0 Å². The maximum Gasteiger partial charge on any atom is 0.236 e. The molecular formula is C21H31N3O3. The smallest absolute Gasteiger partial charge is 0.236 e. The van der Waals surface area contributed by atoms with Gasteiger partial charge in [0, 0.05) is 57.8 Å². The Labute approximate surface area is 162 Å². The van der Waals surface area contributed by atoms with E-state index < -0.39 is 0 Å². The van der Waals surface area contributed by atoms with Gasteiger partial charge in [-0.05, 0) is 31.0 Å². The number of nitrogens with zero attached hydrogens (tertiary/aromatic N) is 3. The Hall–Kier alpha value is -1.63. The minimum absolute atomic E-state index is 0.250. The molecule has 3 aliphatic rings. The van der Waals surface area contributed by atoms with Gasteiger partial charge in [0.2, 0.25) is 5.91 Å². The van der Waals surface area contributed by atoms with Crippen LogP contribution in [0.4, 0.5) is 5.69 Å². The van der Waals surface area contributed by atoms with Crippen LogP contribution in [0.5, 0.6) is 0 Å². The van der Waals surface area contributed by atoms with Crippen molar-refractivity contribution < 1.29 is 14.3 Å². The van der Waals surface area contributed by atoms with Crippen LogP contribution in [0.3, 0.4) is 0 Å². The third-order valence-corrected chi connectivity index (χ3v) is 6.34. The van der Waals surface area contributed by atoms with Gasteiger partial charge in [0.1, 0.15) is 0 Å². The Morgan fingerprint density at radius 1 is 1.00 bits per heavy atom. The highest BCUT2D eigenvalue weighted by Gasteiger charge is 2.40. The minimum Gasteiger partial charge on any atom is -0.368 e. The molecule has 3 fully saturated rings. The van der Waals surface area contributed by atoms with E-state index in [9.17, 15) is 4.79 Å². The molecule has 1 aromatic carbocycles. The lowest BCUT2D eigenvalue weighted by atomic mass is 10.0. The first-order chi connectivity index (χ1) is 13.1. The molecular weight excluding hydrogens is 342 g/mol. The predicted octanol–water partition coefficient (Wildman–Crippen LogP) is 1.79. The summed E-state index contributed by atoms with van der Waals surface area (Å²) in [6.45, 7) is 11.4. The van der Waals surface area contributed by atoms with Gasteiger partial charge in [0.15, 0.2) is 5.79 Å². The van der Waals surface area contributed by atoms with Crippen LogP contribution < -0.4 is 4.90 Å². The average molecular weight is 373 g/mol. The Bertz CT molecular complexity index is 669. The summed E-state index contributed by atoms with van der Waals surface area (Å²) in [6, 6.07) is 6.47. The van der Waals surface area contributed by atoms with Crippen molar-refractivity contribution in [3.8, 4) is 0 Å². The second-order valence-corrected chi connectivity index (χ2v) is 7.97. The van der Waals surface area contributed by atoms with E-state index in [-0.39, 0.29) is 11.7 Å². The van der Waals surface area contributed by atoms with Crippen LogP contribution in [0, 0.1) is 13.8 Å². The molecule has 3 heterocycles. The number of hydrogen-bond donors (Lipinski definition) is 0. The van der Waals surface area contributed by atoms with Gasteiger partial charge in [-0.1, -0.05) is 12.1 Å². The molecule has 148 valence electrons.